The molecular formula is C100H117Br2Cl4F2Mo2N6O4W-3. The van der Waals surface area contributed by atoms with E-state index in [0.29, 0.717) is 57.7 Å². The summed E-state index contributed by atoms with van der Waals surface area (Å²) >= 11 is 28.5. The van der Waals surface area contributed by atoms with Crippen LogP contribution in [0, 0.1) is 112 Å². The van der Waals surface area contributed by atoms with Gasteiger partial charge in [0.15, 0.2) is 11.5 Å². The maximum Gasteiger partial charge on any atom is 0.160 e. The Kier molecular flexibility index (Phi) is 45.3. The number of aryl methyl sites for hydroxylation is 13. The Morgan fingerprint density at radius 3 is 1.09 bits per heavy atom. The molecule has 0 saturated carbocycles. The zero-order valence-electron chi connectivity index (χ0n) is 74.5. The van der Waals surface area contributed by atoms with Crippen molar-refractivity contribution >= 4 is 109 Å². The van der Waals surface area contributed by atoms with Crippen molar-refractivity contribution < 1.29 is 82.6 Å². The van der Waals surface area contributed by atoms with Crippen molar-refractivity contribution in [2.45, 2.75) is 190 Å². The van der Waals surface area contributed by atoms with Gasteiger partial charge in [-0.3, -0.25) is 0 Å². The Bertz CT molecular complexity index is 5150. The predicted molar refractivity (Wildman–Crippen MR) is 508 cm³/mol. The van der Waals surface area contributed by atoms with E-state index in [1.54, 1.807) is 6.07 Å². The molecule has 0 saturated heterocycles. The second kappa shape index (κ2) is 51.5. The Morgan fingerprint density at radius 2 is 0.760 bits per heavy atom. The number of ether oxygens (including phenoxy) is 1. The van der Waals surface area contributed by atoms with Crippen LogP contribution >= 0.6 is 78.3 Å². The van der Waals surface area contributed by atoms with E-state index in [9.17, 15) is 24.1 Å². The molecule has 3 aromatic heterocycles. The minimum absolute atomic E-state index is 0.0754. The second-order valence-electron chi connectivity index (χ2n) is 32.4. The van der Waals surface area contributed by atoms with Gasteiger partial charge in [-0.15, -0.1) is 0 Å². The van der Waals surface area contributed by atoms with Crippen LogP contribution < -0.4 is 19.7 Å². The number of methoxy groups -OCH3 is 1. The molecule has 0 bridgehead atoms. The summed E-state index contributed by atoms with van der Waals surface area (Å²) < 4.78 is 53.8. The zero-order chi connectivity index (χ0) is 91.0. The van der Waals surface area contributed by atoms with Crippen LogP contribution in [-0.2, 0) is 59.2 Å². The number of hydrogen-bond donors (Lipinski definition) is 3. The summed E-state index contributed by atoms with van der Waals surface area (Å²) in [4.78, 5) is 12.3. The van der Waals surface area contributed by atoms with Crippen LogP contribution in [0.3, 0.4) is 0 Å². The second-order valence-corrected chi connectivity index (χ2v) is 41.1. The van der Waals surface area contributed by atoms with Crippen molar-refractivity contribution in [1.29, 1.82) is 0 Å². The van der Waals surface area contributed by atoms with Crippen LogP contribution in [-0.4, -0.2) is 35.6 Å². The van der Waals surface area contributed by atoms with Crippen LogP contribution in [0.2, 0.25) is 20.1 Å². The van der Waals surface area contributed by atoms with Gasteiger partial charge in [-0.25, -0.2) is 8.78 Å². The normalized spacial score (nSPS) is 10.6. The first-order chi connectivity index (χ1) is 56.5. The Hall–Kier alpha value is -6.93. The summed E-state index contributed by atoms with van der Waals surface area (Å²) in [6.07, 6.45) is 0. The molecule has 12 aromatic rings. The Balaban J connectivity index is 0.000000294. The minimum atomic E-state index is -0.850. The van der Waals surface area contributed by atoms with E-state index < -0.39 is 53.8 Å². The van der Waals surface area contributed by atoms with Gasteiger partial charge in [0.25, 0.3) is 0 Å². The van der Waals surface area contributed by atoms with Gasteiger partial charge < -0.3 is 35.0 Å². The largest absolute Gasteiger partial charge is 0.665 e. The van der Waals surface area contributed by atoms with Crippen LogP contribution in [0.25, 0.3) is 22.3 Å². The number of halogens is 8. The molecule has 0 fully saturated rings. The summed E-state index contributed by atoms with van der Waals surface area (Å²) in [5, 5.41) is 32.0. The molecule has 0 aliphatic rings. The number of aromatic hydroxyl groups is 3. The van der Waals surface area contributed by atoms with Gasteiger partial charge in [-0.1, -0.05) is 125 Å². The van der Waals surface area contributed by atoms with Gasteiger partial charge in [0, 0.05) is 11.1 Å². The molecule has 3 N–H and O–H groups in total. The maximum atomic E-state index is 13.5. The van der Waals surface area contributed by atoms with Gasteiger partial charge in [0.2, 0.25) is 0 Å². The number of hydrogen-bond acceptors (Lipinski definition) is 7. The average molecular weight is 2180 g/mol. The van der Waals surface area contributed by atoms with Gasteiger partial charge in [0.05, 0.1) is 16.1 Å². The van der Waals surface area contributed by atoms with Crippen molar-refractivity contribution in [3.63, 3.8) is 0 Å². The number of para-hydroxylation sites is 1. The first-order valence-electron chi connectivity index (χ1n) is 39.3. The maximum absolute atomic E-state index is 13.5. The van der Waals surface area contributed by atoms with Gasteiger partial charge >= 0.3 is 374 Å². The molecule has 0 unspecified atom stereocenters. The third-order valence-corrected chi connectivity index (χ3v) is 29.0. The van der Waals surface area contributed by atoms with Crippen LogP contribution in [0.1, 0.15) is 185 Å². The van der Waals surface area contributed by atoms with E-state index in [1.807, 2.05) is 199 Å². The fourth-order valence-electron chi connectivity index (χ4n) is 11.7. The van der Waals surface area contributed by atoms with Crippen molar-refractivity contribution in [2.75, 3.05) is 7.11 Å². The molecule has 0 atom stereocenters. The third kappa shape index (κ3) is 37.4. The smallest absolute Gasteiger partial charge is 0.160 e. The molecule has 0 amide bonds. The van der Waals surface area contributed by atoms with Crippen molar-refractivity contribution in [2.24, 2.45) is 21.3 Å². The molecule has 0 aliphatic heterocycles. The summed E-state index contributed by atoms with van der Waals surface area (Å²) in [5.74, 6) is 1.19. The van der Waals surface area contributed by atoms with Gasteiger partial charge in [0.1, 0.15) is 23.1 Å². The van der Waals surface area contributed by atoms with Crippen molar-refractivity contribution in [3.8, 4) is 45.3 Å². The van der Waals surface area contributed by atoms with E-state index >= 15 is 0 Å². The zero-order valence-corrected chi connectivity index (χ0v) is 87.6. The predicted octanol–water partition coefficient (Wildman–Crippen LogP) is 31.4. The third-order valence-electron chi connectivity index (χ3n) is 17.5. The average Bonchev–Trinajstić information content (AvgIpc) is 1.34. The summed E-state index contributed by atoms with van der Waals surface area (Å²) in [6, 6.07) is 59.2. The number of nitrogens with zero attached hydrogens (tertiary/aromatic N) is 6. The number of aromatic nitrogens is 3. The van der Waals surface area contributed by atoms with E-state index in [-0.39, 0.29) is 45.1 Å². The molecule has 121 heavy (non-hydrogen) atoms. The topological polar surface area (TPSA) is 149 Å². The Labute approximate surface area is 780 Å². The molecule has 0 spiro atoms. The number of rotatable bonds is 10. The fourth-order valence-corrected chi connectivity index (χ4v) is 20.1. The van der Waals surface area contributed by atoms with Crippen LogP contribution in [0.4, 0.5) is 25.8 Å². The molecule has 9 aromatic carbocycles. The molecule has 648 valence electrons. The molecule has 0 aliphatic carbocycles. The molecule has 3 heterocycles. The number of phenolic OH excluding ortho intramolecular Hbond substituents is 3. The summed E-state index contributed by atoms with van der Waals surface area (Å²) in [6.45, 7) is 52.4. The van der Waals surface area contributed by atoms with Crippen molar-refractivity contribution in [3.05, 3.63) is 319 Å². The van der Waals surface area contributed by atoms with E-state index in [1.165, 1.54) is 53.8 Å². The first-order valence-corrected chi connectivity index (χ1v) is 49.5. The van der Waals surface area contributed by atoms with Crippen LogP contribution in [0.15, 0.2) is 207 Å². The number of phenols is 3. The van der Waals surface area contributed by atoms with Crippen LogP contribution in [0.5, 0.6) is 23.0 Å². The standard InChI is InChI=1S/2C15H14BrFO.C12H17N.C10H12.C8H10O2.2C6H3Cl2N.3C6H8N.2C5H10.2Mo.W/c2*1-8-4-9(2)14(10(3)5-8)12-6-11(17)7-13(16)15(12)18;1-8(2)10-6-5-7-11(9(3)4)12(10)13;1-10(2,3)9-7-5-4-6-8-9;1-6-4-3-5-7(10-2)8(6)9;2*7-4-2-1-3-5(8)6(4)9;3*1-5-3-4-6(2)7-5;2*1-5(2,3)4;;;/h2*4-7,18H,1-3H3;5-9H,1-4H3;1,4-8H,2-3H3;3-5,9H,1-2H3;2*1-3H;3*3-4H,1-2H3;2*1H,2-4H3;;;/q;;;;;;;3*-1;;;;;. The Morgan fingerprint density at radius 1 is 0.413 bits per heavy atom. The van der Waals surface area contributed by atoms with E-state index in [4.69, 9.17) is 54.6 Å². The molecule has 12 rings (SSSR count). The molecule has 0 radical (unpaired) electrons. The summed E-state index contributed by atoms with van der Waals surface area (Å²) in [7, 11) is 1.54. The van der Waals surface area contributed by atoms with Crippen molar-refractivity contribution in [1.82, 2.24) is 15.0 Å². The van der Waals surface area contributed by atoms with Gasteiger partial charge in [-0.05, 0) is 150 Å². The first kappa shape index (κ1) is 106. The van der Waals surface area contributed by atoms with E-state index in [2.05, 4.69) is 199 Å². The molecule has 10 nitrogen and oxygen atoms in total. The molecule has 21 heteroatoms. The number of benzene rings is 9. The molecular weight excluding hydrogens is 2060 g/mol. The fraction of sp³-hybridized carbons (Fsp3) is 0.310. The minimum Gasteiger partial charge on any atom is -0.665 e. The summed E-state index contributed by atoms with van der Waals surface area (Å²) in [5.41, 5.74) is 24.2. The monoisotopic (exact) mass is 2180 g/mol. The van der Waals surface area contributed by atoms with Gasteiger partial charge in [-0.2, -0.15) is 34.2 Å². The van der Waals surface area contributed by atoms with E-state index in [0.717, 1.165) is 95.6 Å². The SMILES string of the molecule is CC(C)(C)[CH]=[Mo]=[N]c1c(Cl)cccc1Cl.CC(C)(C)[CH]=[W]=[N]c1c(Cl)cccc1Cl.CC(C)c1cccc(C(C)C)c1[N]=[Mo]=[CH]C(C)(C)c1ccccc1.COc1cccc(C)c1O.Cc1cc(C)c(-c2cc(F)cc(Br)c2O)c(C)c1.Cc1cc(C)c(-c2cc(F)cc(Br)c2O)c(C)c1.Cc1ccc(C)[n-]1.Cc1ccc(C)[n-]1.Cc1ccc(C)[n-]1. The quantitative estimate of drug-likeness (QED) is 0.115.